The minimum atomic E-state index is -5.79. The second kappa shape index (κ2) is 5.91. The summed E-state index contributed by atoms with van der Waals surface area (Å²) in [5.41, 5.74) is 3.45. The molecule has 1 aromatic carbocycles. The lowest BCUT2D eigenvalue weighted by atomic mass is 9.90. The molecule has 0 bridgehead atoms. The van der Waals surface area contributed by atoms with Gasteiger partial charge in [-0.2, -0.15) is 26.3 Å². The second-order valence-corrected chi connectivity index (χ2v) is 5.33. The molecule has 0 aromatic heterocycles. The van der Waals surface area contributed by atoms with Crippen LogP contribution in [0.25, 0.3) is 0 Å². The molecule has 132 valence electrons. The molecule has 2 rings (SSSR count). The van der Waals surface area contributed by atoms with Crippen LogP contribution in [0, 0.1) is 0 Å². The molecule has 1 atom stereocenters. The van der Waals surface area contributed by atoms with Crippen molar-refractivity contribution >= 4 is 0 Å². The first kappa shape index (κ1) is 18.5. The Kier molecular flexibility index (Phi) is 4.55. The van der Waals surface area contributed by atoms with Gasteiger partial charge in [-0.05, 0) is 6.08 Å². The van der Waals surface area contributed by atoms with Crippen molar-refractivity contribution in [2.24, 2.45) is 11.5 Å². The zero-order valence-corrected chi connectivity index (χ0v) is 12.1. The van der Waals surface area contributed by atoms with Crippen molar-refractivity contribution < 1.29 is 31.1 Å². The Morgan fingerprint density at radius 1 is 0.875 bits per heavy atom. The van der Waals surface area contributed by atoms with Crippen LogP contribution in [0.3, 0.4) is 0 Å². The lowest BCUT2D eigenvalue weighted by Gasteiger charge is -2.42. The smallest absolute Gasteiger partial charge is 0.343 e. The maximum Gasteiger partial charge on any atom is 0.430 e. The standard InChI is InChI=1S/C15H14F6N2O/c16-14(17,18)13(15(19,20)21,10-6-2-1-3-7-10)24-11-8-4-5-9-12(11,22)23/h1-9,11H,22-23H2. The molecule has 0 heterocycles. The molecule has 0 saturated carbocycles. The van der Waals surface area contributed by atoms with Crippen LogP contribution in [-0.4, -0.2) is 24.1 Å². The summed E-state index contributed by atoms with van der Waals surface area (Å²) in [5.74, 6) is 0. The first-order valence-electron chi connectivity index (χ1n) is 6.72. The van der Waals surface area contributed by atoms with Crippen molar-refractivity contribution in [3.05, 3.63) is 60.2 Å². The third-order valence-electron chi connectivity index (χ3n) is 3.56. The predicted octanol–water partition coefficient (Wildman–Crippen LogP) is 3.13. The normalized spacial score (nSPS) is 21.1. The fourth-order valence-corrected chi connectivity index (χ4v) is 2.34. The Labute approximate surface area is 133 Å². The van der Waals surface area contributed by atoms with Gasteiger partial charge in [-0.1, -0.05) is 48.6 Å². The van der Waals surface area contributed by atoms with E-state index in [0.717, 1.165) is 24.3 Å². The van der Waals surface area contributed by atoms with Gasteiger partial charge in [-0.15, -0.1) is 0 Å². The average Bonchev–Trinajstić information content (AvgIpc) is 2.44. The minimum absolute atomic E-state index is 0.693. The average molecular weight is 352 g/mol. The van der Waals surface area contributed by atoms with Crippen LogP contribution in [0.5, 0.6) is 0 Å². The van der Waals surface area contributed by atoms with Gasteiger partial charge in [0.25, 0.3) is 5.60 Å². The number of hydrogen-bond donors (Lipinski definition) is 2. The third-order valence-corrected chi connectivity index (χ3v) is 3.56. The third kappa shape index (κ3) is 3.06. The van der Waals surface area contributed by atoms with Crippen LogP contribution in [0.15, 0.2) is 54.6 Å². The summed E-state index contributed by atoms with van der Waals surface area (Å²) >= 11 is 0. The van der Waals surface area contributed by atoms with Gasteiger partial charge >= 0.3 is 12.4 Å². The van der Waals surface area contributed by atoms with E-state index in [0.29, 0.717) is 12.1 Å². The number of rotatable bonds is 3. The number of halogens is 6. The molecule has 4 N–H and O–H groups in total. The highest BCUT2D eigenvalue weighted by molar-refractivity contribution is 5.29. The van der Waals surface area contributed by atoms with Gasteiger partial charge in [0, 0.05) is 5.56 Å². The zero-order valence-electron chi connectivity index (χ0n) is 12.1. The van der Waals surface area contributed by atoms with Crippen LogP contribution in [0.1, 0.15) is 5.56 Å². The van der Waals surface area contributed by atoms with E-state index < -0.39 is 35.3 Å². The molecule has 9 heteroatoms. The van der Waals surface area contributed by atoms with Crippen LogP contribution in [0.2, 0.25) is 0 Å². The molecule has 0 spiro atoms. The molecule has 0 aliphatic heterocycles. The molecule has 0 saturated heterocycles. The van der Waals surface area contributed by atoms with E-state index in [2.05, 4.69) is 4.74 Å². The van der Waals surface area contributed by atoms with Gasteiger partial charge in [0.05, 0.1) is 0 Å². The molecule has 1 aliphatic carbocycles. The Morgan fingerprint density at radius 3 is 1.88 bits per heavy atom. The number of allylic oxidation sites excluding steroid dienone is 2. The van der Waals surface area contributed by atoms with Crippen molar-refractivity contribution in [3.63, 3.8) is 0 Å². The first-order valence-corrected chi connectivity index (χ1v) is 6.72. The molecular formula is C15H14F6N2O. The number of hydrogen-bond acceptors (Lipinski definition) is 3. The molecule has 1 aromatic rings. The zero-order chi connectivity index (χ0) is 18.2. The molecule has 24 heavy (non-hydrogen) atoms. The predicted molar refractivity (Wildman–Crippen MR) is 74.5 cm³/mol. The van der Waals surface area contributed by atoms with E-state index in [1.54, 1.807) is 0 Å². The van der Waals surface area contributed by atoms with Crippen LogP contribution < -0.4 is 11.5 Å². The summed E-state index contributed by atoms with van der Waals surface area (Å²) in [5, 5.41) is 0. The summed E-state index contributed by atoms with van der Waals surface area (Å²) in [4.78, 5) is 0. The fraction of sp³-hybridized carbons (Fsp3) is 0.333. The lowest BCUT2D eigenvalue weighted by molar-refractivity contribution is -0.397. The van der Waals surface area contributed by atoms with E-state index in [1.165, 1.54) is 18.2 Å². The van der Waals surface area contributed by atoms with Gasteiger partial charge in [-0.25, -0.2) is 0 Å². The van der Waals surface area contributed by atoms with Crippen molar-refractivity contribution in [3.8, 4) is 0 Å². The SMILES string of the molecule is NC1(N)C=CC=CC1OC(c1ccccc1)(C(F)(F)F)C(F)(F)F. The highest BCUT2D eigenvalue weighted by Crippen LogP contribution is 2.54. The van der Waals surface area contributed by atoms with Gasteiger partial charge in [-0.3, -0.25) is 0 Å². The largest absolute Gasteiger partial charge is 0.430 e. The van der Waals surface area contributed by atoms with Crippen LogP contribution in [0.4, 0.5) is 26.3 Å². The summed E-state index contributed by atoms with van der Waals surface area (Å²) in [6, 6.07) is 4.79. The Bertz CT molecular complexity index is 620. The number of alkyl halides is 6. The quantitative estimate of drug-likeness (QED) is 0.649. The summed E-state index contributed by atoms with van der Waals surface area (Å²) < 4.78 is 86.1. The topological polar surface area (TPSA) is 61.3 Å². The van der Waals surface area contributed by atoms with E-state index in [4.69, 9.17) is 11.5 Å². The van der Waals surface area contributed by atoms with E-state index in [-0.39, 0.29) is 0 Å². The van der Waals surface area contributed by atoms with Gasteiger partial charge in [0.2, 0.25) is 0 Å². The maximum atomic E-state index is 13.6. The molecule has 1 aliphatic rings. The van der Waals surface area contributed by atoms with Crippen molar-refractivity contribution in [1.82, 2.24) is 0 Å². The minimum Gasteiger partial charge on any atom is -0.343 e. The monoisotopic (exact) mass is 352 g/mol. The van der Waals surface area contributed by atoms with E-state index >= 15 is 0 Å². The van der Waals surface area contributed by atoms with Crippen LogP contribution >= 0.6 is 0 Å². The summed E-state index contributed by atoms with van der Waals surface area (Å²) in [6.07, 6.45) is -8.88. The van der Waals surface area contributed by atoms with Gasteiger partial charge in [0.1, 0.15) is 11.8 Å². The fourth-order valence-electron chi connectivity index (χ4n) is 2.34. The Morgan fingerprint density at radius 2 is 1.42 bits per heavy atom. The molecule has 0 radical (unpaired) electrons. The maximum absolute atomic E-state index is 13.6. The molecule has 1 unspecified atom stereocenters. The lowest BCUT2D eigenvalue weighted by Crippen LogP contribution is -2.64. The number of nitrogens with two attached hydrogens (primary N) is 2. The number of ether oxygens (including phenoxy) is 1. The van der Waals surface area contributed by atoms with E-state index in [1.807, 2.05) is 0 Å². The van der Waals surface area contributed by atoms with Gasteiger partial charge < -0.3 is 16.2 Å². The molecular weight excluding hydrogens is 338 g/mol. The molecule has 0 amide bonds. The van der Waals surface area contributed by atoms with Crippen molar-refractivity contribution in [1.29, 1.82) is 0 Å². The first-order chi connectivity index (χ1) is 10.9. The Balaban J connectivity index is 2.63. The summed E-state index contributed by atoms with van der Waals surface area (Å²) in [6.45, 7) is 0. The molecule has 0 fully saturated rings. The highest BCUT2D eigenvalue weighted by Gasteiger charge is 2.74. The van der Waals surface area contributed by atoms with Crippen LogP contribution in [-0.2, 0) is 10.3 Å². The van der Waals surface area contributed by atoms with E-state index in [9.17, 15) is 26.3 Å². The van der Waals surface area contributed by atoms with Crippen molar-refractivity contribution in [2.75, 3.05) is 0 Å². The van der Waals surface area contributed by atoms with Crippen molar-refractivity contribution in [2.45, 2.75) is 29.7 Å². The van der Waals surface area contributed by atoms with Gasteiger partial charge in [0.15, 0.2) is 0 Å². The molecule has 3 nitrogen and oxygen atoms in total. The highest BCUT2D eigenvalue weighted by atomic mass is 19.4. The summed E-state index contributed by atoms with van der Waals surface area (Å²) in [7, 11) is 0. The second-order valence-electron chi connectivity index (χ2n) is 5.33. The number of benzene rings is 1. The Hall–Kier alpha value is -1.84.